The molecule has 0 saturated carbocycles. The smallest absolute Gasteiger partial charge is 0.246 e. The number of hydrogen-bond donors (Lipinski definition) is 1. The second-order valence-corrected chi connectivity index (χ2v) is 5.81. The predicted octanol–water partition coefficient (Wildman–Crippen LogP) is 2.47. The van der Waals surface area contributed by atoms with Crippen LogP contribution < -0.4 is 5.32 Å². The molecule has 3 nitrogen and oxygen atoms in total. The number of rotatable bonds is 4. The summed E-state index contributed by atoms with van der Waals surface area (Å²) in [5.74, 6) is 0.109. The molecule has 1 spiro atoms. The lowest BCUT2D eigenvalue weighted by Crippen LogP contribution is -2.39. The molecule has 0 aromatic heterocycles. The van der Waals surface area contributed by atoms with Gasteiger partial charge in [0.1, 0.15) is 0 Å². The Balaban J connectivity index is 1.45. The van der Waals surface area contributed by atoms with Gasteiger partial charge in [-0.05, 0) is 36.7 Å². The van der Waals surface area contributed by atoms with Crippen LogP contribution in [0, 0.1) is 5.41 Å². The molecule has 3 rings (SSSR count). The molecule has 1 fully saturated rings. The summed E-state index contributed by atoms with van der Waals surface area (Å²) in [6.45, 7) is 2.37. The zero-order chi connectivity index (χ0) is 13.8. The lowest BCUT2D eigenvalue weighted by Gasteiger charge is -2.42. The summed E-state index contributed by atoms with van der Waals surface area (Å²) in [7, 11) is 0. The average Bonchev–Trinajstić information content (AvgIpc) is 2.46. The third-order valence-corrected chi connectivity index (χ3v) is 4.35. The van der Waals surface area contributed by atoms with Crippen molar-refractivity contribution in [2.45, 2.75) is 25.7 Å². The van der Waals surface area contributed by atoms with Gasteiger partial charge in [0.15, 0.2) is 0 Å². The van der Waals surface area contributed by atoms with Gasteiger partial charge in [-0.3, -0.25) is 4.79 Å². The van der Waals surface area contributed by atoms with Gasteiger partial charge in [0.05, 0.1) is 0 Å². The highest BCUT2D eigenvalue weighted by Crippen LogP contribution is 2.46. The molecule has 1 aliphatic carbocycles. The monoisotopic (exact) mass is 271 g/mol. The van der Waals surface area contributed by atoms with E-state index in [0.29, 0.717) is 6.54 Å². The maximum absolute atomic E-state index is 12.0. The van der Waals surface area contributed by atoms with Crippen LogP contribution in [0.15, 0.2) is 42.0 Å². The maximum Gasteiger partial charge on any atom is 0.246 e. The van der Waals surface area contributed by atoms with Crippen molar-refractivity contribution in [3.63, 3.8) is 0 Å². The molecule has 0 unspecified atom stereocenters. The fourth-order valence-corrected chi connectivity index (χ4v) is 3.04. The van der Waals surface area contributed by atoms with E-state index in [0.717, 1.165) is 44.5 Å². The summed E-state index contributed by atoms with van der Waals surface area (Å²) in [6.07, 6.45) is 6.11. The first-order valence-corrected chi connectivity index (χ1v) is 7.39. The van der Waals surface area contributed by atoms with E-state index in [1.54, 1.807) is 0 Å². The number of carbonyl (C=O) groups excluding carboxylic acids is 1. The van der Waals surface area contributed by atoms with Crippen molar-refractivity contribution in [1.29, 1.82) is 0 Å². The molecule has 0 bridgehead atoms. The Morgan fingerprint density at radius 2 is 1.90 bits per heavy atom. The average molecular weight is 271 g/mol. The number of carbonyl (C=O) groups is 1. The van der Waals surface area contributed by atoms with Crippen molar-refractivity contribution in [1.82, 2.24) is 5.32 Å². The highest BCUT2D eigenvalue weighted by Gasteiger charge is 2.40. The Bertz CT molecular complexity index is 501. The van der Waals surface area contributed by atoms with Gasteiger partial charge in [-0.15, -0.1) is 0 Å². The zero-order valence-corrected chi connectivity index (χ0v) is 11.7. The van der Waals surface area contributed by atoms with Gasteiger partial charge in [0, 0.05) is 25.3 Å². The number of amides is 1. The van der Waals surface area contributed by atoms with E-state index in [1.807, 2.05) is 18.2 Å². The van der Waals surface area contributed by atoms with Crippen LogP contribution in [-0.2, 0) is 16.0 Å². The predicted molar refractivity (Wildman–Crippen MR) is 78.3 cm³/mol. The fourth-order valence-electron chi connectivity index (χ4n) is 3.04. The molecule has 0 radical (unpaired) electrons. The molecular formula is C17H21NO2. The van der Waals surface area contributed by atoms with Crippen molar-refractivity contribution in [2.24, 2.45) is 5.41 Å². The van der Waals surface area contributed by atoms with Crippen molar-refractivity contribution in [2.75, 3.05) is 19.8 Å². The molecule has 20 heavy (non-hydrogen) atoms. The van der Waals surface area contributed by atoms with Gasteiger partial charge in [-0.1, -0.05) is 36.4 Å². The summed E-state index contributed by atoms with van der Waals surface area (Å²) >= 11 is 0. The van der Waals surface area contributed by atoms with Crippen molar-refractivity contribution in [3.05, 3.63) is 47.5 Å². The first-order chi connectivity index (χ1) is 9.77. The molecule has 1 aromatic carbocycles. The van der Waals surface area contributed by atoms with E-state index in [1.165, 1.54) is 5.56 Å². The maximum atomic E-state index is 12.0. The second kappa shape index (κ2) is 5.80. The summed E-state index contributed by atoms with van der Waals surface area (Å²) < 4.78 is 5.38. The van der Waals surface area contributed by atoms with Crippen LogP contribution in [0.25, 0.3) is 0 Å². The lowest BCUT2D eigenvalue weighted by molar-refractivity contribution is -0.118. The highest BCUT2D eigenvalue weighted by molar-refractivity contribution is 5.95. The van der Waals surface area contributed by atoms with Crippen LogP contribution in [0.2, 0.25) is 0 Å². The summed E-state index contributed by atoms with van der Waals surface area (Å²) in [5, 5.41) is 3.02. The minimum atomic E-state index is 0.109. The van der Waals surface area contributed by atoms with Gasteiger partial charge in [-0.25, -0.2) is 0 Å². The van der Waals surface area contributed by atoms with E-state index in [2.05, 4.69) is 23.5 Å². The quantitative estimate of drug-likeness (QED) is 0.913. The first-order valence-electron chi connectivity index (χ1n) is 7.39. The Hall–Kier alpha value is -1.61. The molecule has 1 amide bonds. The van der Waals surface area contributed by atoms with Gasteiger partial charge >= 0.3 is 0 Å². The number of ether oxygens (including phenoxy) is 1. The number of hydrogen-bond acceptors (Lipinski definition) is 2. The third kappa shape index (κ3) is 2.93. The summed E-state index contributed by atoms with van der Waals surface area (Å²) in [4.78, 5) is 12.0. The topological polar surface area (TPSA) is 38.3 Å². The number of allylic oxidation sites excluding steroid dienone is 1. The molecule has 1 saturated heterocycles. The van der Waals surface area contributed by atoms with Crippen LogP contribution in [0.4, 0.5) is 0 Å². The molecule has 106 valence electrons. The standard InChI is InChI=1S/C17H21NO2/c19-16(18-9-6-14-4-2-1-3-5-14)15-12-17(13-15)7-10-20-11-8-17/h1-5,12H,6-11,13H2,(H,18,19). The molecule has 0 atom stereocenters. The van der Waals surface area contributed by atoms with Crippen molar-refractivity contribution >= 4 is 5.91 Å². The molecule has 1 aromatic rings. The van der Waals surface area contributed by atoms with Gasteiger partial charge in [0.25, 0.3) is 0 Å². The van der Waals surface area contributed by atoms with Crippen molar-refractivity contribution in [3.8, 4) is 0 Å². The normalized spacial score (nSPS) is 20.1. The van der Waals surface area contributed by atoms with Crippen molar-refractivity contribution < 1.29 is 9.53 Å². The van der Waals surface area contributed by atoms with Crippen LogP contribution in [-0.4, -0.2) is 25.7 Å². The Morgan fingerprint density at radius 3 is 2.60 bits per heavy atom. The lowest BCUT2D eigenvalue weighted by atomic mass is 9.66. The number of benzene rings is 1. The molecule has 1 heterocycles. The van der Waals surface area contributed by atoms with Crippen LogP contribution in [0.1, 0.15) is 24.8 Å². The highest BCUT2D eigenvalue weighted by atomic mass is 16.5. The first kappa shape index (κ1) is 13.4. The SMILES string of the molecule is O=C(NCCc1ccccc1)C1=CC2(CCOCC2)C1. The third-order valence-electron chi connectivity index (χ3n) is 4.35. The van der Waals surface area contributed by atoms with Crippen LogP contribution in [0.3, 0.4) is 0 Å². The Labute approximate surface area is 120 Å². The van der Waals surface area contributed by atoms with Gasteiger partial charge < -0.3 is 10.1 Å². The summed E-state index contributed by atoms with van der Waals surface area (Å²) in [5.41, 5.74) is 2.49. The summed E-state index contributed by atoms with van der Waals surface area (Å²) in [6, 6.07) is 10.2. The zero-order valence-electron chi connectivity index (χ0n) is 11.7. The Kier molecular flexibility index (Phi) is 3.88. The van der Waals surface area contributed by atoms with E-state index in [-0.39, 0.29) is 11.3 Å². The van der Waals surface area contributed by atoms with E-state index >= 15 is 0 Å². The molecule has 2 aliphatic rings. The van der Waals surface area contributed by atoms with E-state index < -0.39 is 0 Å². The van der Waals surface area contributed by atoms with Gasteiger partial charge in [0.2, 0.25) is 5.91 Å². The van der Waals surface area contributed by atoms with Gasteiger partial charge in [-0.2, -0.15) is 0 Å². The Morgan fingerprint density at radius 1 is 1.20 bits per heavy atom. The minimum Gasteiger partial charge on any atom is -0.381 e. The van der Waals surface area contributed by atoms with E-state index in [9.17, 15) is 4.79 Å². The fraction of sp³-hybridized carbons (Fsp3) is 0.471. The molecule has 3 heteroatoms. The molecule has 1 aliphatic heterocycles. The van der Waals surface area contributed by atoms with Crippen LogP contribution >= 0.6 is 0 Å². The van der Waals surface area contributed by atoms with Crippen LogP contribution in [0.5, 0.6) is 0 Å². The largest absolute Gasteiger partial charge is 0.381 e. The molecular weight excluding hydrogens is 250 g/mol. The van der Waals surface area contributed by atoms with E-state index in [4.69, 9.17) is 4.74 Å². The second-order valence-electron chi connectivity index (χ2n) is 5.81. The molecule has 1 N–H and O–H groups in total. The minimum absolute atomic E-state index is 0.109. The number of nitrogens with one attached hydrogen (secondary N) is 1.